The normalized spacial score (nSPS) is 15.3. The smallest absolute Gasteiger partial charge is 0.262 e. The van der Waals surface area contributed by atoms with Gasteiger partial charge in [0.05, 0.1) is 16.7 Å². The van der Waals surface area contributed by atoms with E-state index in [1.54, 1.807) is 4.57 Å². The van der Waals surface area contributed by atoms with Crippen LogP contribution in [0, 0.1) is 0 Å². The standard InChI is InChI=1S/C21H28N6O2S/c1-3-4-7-10-26-19(29)16-8-5-6-9-17(16)27-20(26)22-23-21(27)30-15-18(28)25-13-11-24(2)12-14-25/h5-6,8-9H,3-4,7,10-15H2,1-2H3. The number of unbranched alkanes of at least 4 members (excludes halogenated alkanes) is 2. The van der Waals surface area contributed by atoms with E-state index in [-0.39, 0.29) is 11.5 Å². The predicted octanol–water partition coefficient (Wildman–Crippen LogP) is 2.10. The van der Waals surface area contributed by atoms with Crippen LogP contribution < -0.4 is 5.56 Å². The highest BCUT2D eigenvalue weighted by Crippen LogP contribution is 2.22. The number of nitrogens with zero attached hydrogens (tertiary/aromatic N) is 6. The van der Waals surface area contributed by atoms with Gasteiger partial charge in [0.15, 0.2) is 5.16 Å². The van der Waals surface area contributed by atoms with Crippen LogP contribution in [0.5, 0.6) is 0 Å². The highest BCUT2D eigenvalue weighted by molar-refractivity contribution is 7.99. The molecule has 1 saturated heterocycles. The number of likely N-dealkylation sites (N-methyl/N-ethyl adjacent to an activating group) is 1. The van der Waals surface area contributed by atoms with Crippen LogP contribution in [0.1, 0.15) is 26.2 Å². The first-order valence-electron chi connectivity index (χ1n) is 10.6. The maximum Gasteiger partial charge on any atom is 0.262 e. The molecule has 1 amide bonds. The minimum atomic E-state index is -0.0355. The van der Waals surface area contributed by atoms with Crippen molar-refractivity contribution in [3.05, 3.63) is 34.6 Å². The Morgan fingerprint density at radius 1 is 1.10 bits per heavy atom. The van der Waals surface area contributed by atoms with Gasteiger partial charge in [0.1, 0.15) is 0 Å². The summed E-state index contributed by atoms with van der Waals surface area (Å²) in [7, 11) is 2.07. The van der Waals surface area contributed by atoms with Crippen molar-refractivity contribution in [2.45, 2.75) is 37.9 Å². The summed E-state index contributed by atoms with van der Waals surface area (Å²) in [6.45, 7) is 6.08. The average molecular weight is 429 g/mol. The minimum absolute atomic E-state index is 0.0355. The first-order valence-corrected chi connectivity index (χ1v) is 11.5. The maximum atomic E-state index is 13.1. The number of amides is 1. The van der Waals surface area contributed by atoms with Gasteiger partial charge >= 0.3 is 0 Å². The number of carbonyl (C=O) groups is 1. The second-order valence-electron chi connectivity index (χ2n) is 7.77. The number of aryl methyl sites for hydroxylation is 1. The van der Waals surface area contributed by atoms with Gasteiger partial charge in [-0.25, -0.2) is 0 Å². The number of rotatable bonds is 7. The minimum Gasteiger partial charge on any atom is -0.339 e. The highest BCUT2D eigenvalue weighted by atomic mass is 32.2. The van der Waals surface area contributed by atoms with Crippen LogP contribution in [0.2, 0.25) is 0 Å². The molecule has 3 heterocycles. The molecule has 8 nitrogen and oxygen atoms in total. The van der Waals surface area contributed by atoms with Gasteiger partial charge in [-0.3, -0.25) is 18.6 Å². The summed E-state index contributed by atoms with van der Waals surface area (Å²) in [5.74, 6) is 0.975. The lowest BCUT2D eigenvalue weighted by atomic mass is 10.2. The Morgan fingerprint density at radius 2 is 1.87 bits per heavy atom. The van der Waals surface area contributed by atoms with E-state index >= 15 is 0 Å². The lowest BCUT2D eigenvalue weighted by Gasteiger charge is -2.32. The largest absolute Gasteiger partial charge is 0.339 e. The molecule has 0 atom stereocenters. The summed E-state index contributed by atoms with van der Waals surface area (Å²) >= 11 is 1.39. The van der Waals surface area contributed by atoms with Crippen LogP contribution in [0.15, 0.2) is 34.2 Å². The molecule has 0 spiro atoms. The summed E-state index contributed by atoms with van der Waals surface area (Å²) in [4.78, 5) is 29.9. The number of piperazine rings is 1. The SMILES string of the molecule is CCCCCn1c(=O)c2ccccc2n2c(SCC(=O)N3CCN(C)CC3)nnc12. The Kier molecular flexibility index (Phi) is 6.38. The van der Waals surface area contributed by atoms with Gasteiger partial charge in [-0.2, -0.15) is 0 Å². The quantitative estimate of drug-likeness (QED) is 0.424. The zero-order valence-corrected chi connectivity index (χ0v) is 18.4. The van der Waals surface area contributed by atoms with Crippen LogP contribution >= 0.6 is 11.8 Å². The Labute approximate surface area is 179 Å². The van der Waals surface area contributed by atoms with E-state index < -0.39 is 0 Å². The molecule has 160 valence electrons. The highest BCUT2D eigenvalue weighted by Gasteiger charge is 2.21. The zero-order chi connectivity index (χ0) is 21.1. The number of carbonyl (C=O) groups excluding carboxylic acids is 1. The molecule has 0 unspecified atom stereocenters. The fourth-order valence-corrected chi connectivity index (χ4v) is 4.66. The Morgan fingerprint density at radius 3 is 2.63 bits per heavy atom. The second-order valence-corrected chi connectivity index (χ2v) is 8.71. The molecule has 9 heteroatoms. The number of hydrogen-bond donors (Lipinski definition) is 0. The van der Waals surface area contributed by atoms with Gasteiger partial charge in [0.2, 0.25) is 11.7 Å². The van der Waals surface area contributed by atoms with E-state index in [1.165, 1.54) is 11.8 Å². The Bertz CT molecular complexity index is 1100. The van der Waals surface area contributed by atoms with Crippen molar-refractivity contribution in [2.24, 2.45) is 0 Å². The summed E-state index contributed by atoms with van der Waals surface area (Å²) in [5, 5.41) is 9.97. The molecule has 2 aromatic heterocycles. The van der Waals surface area contributed by atoms with E-state index in [2.05, 4.69) is 29.1 Å². The van der Waals surface area contributed by atoms with E-state index in [1.807, 2.05) is 33.6 Å². The van der Waals surface area contributed by atoms with Crippen LogP contribution in [0.3, 0.4) is 0 Å². The molecule has 1 fully saturated rings. The first kappa shape index (κ1) is 20.9. The molecule has 0 radical (unpaired) electrons. The van der Waals surface area contributed by atoms with E-state index in [4.69, 9.17) is 0 Å². The van der Waals surface area contributed by atoms with Crippen molar-refractivity contribution in [3.63, 3.8) is 0 Å². The molecule has 1 aliphatic heterocycles. The summed E-state index contributed by atoms with van der Waals surface area (Å²) in [6.07, 6.45) is 3.06. The monoisotopic (exact) mass is 428 g/mol. The Balaban J connectivity index is 1.64. The third-order valence-electron chi connectivity index (χ3n) is 5.64. The van der Waals surface area contributed by atoms with Gasteiger partial charge in [-0.05, 0) is 25.6 Å². The zero-order valence-electron chi connectivity index (χ0n) is 17.6. The van der Waals surface area contributed by atoms with Crippen LogP contribution in [-0.4, -0.2) is 73.9 Å². The lowest BCUT2D eigenvalue weighted by molar-refractivity contribution is -0.129. The summed E-state index contributed by atoms with van der Waals surface area (Å²) in [5.41, 5.74) is 0.746. The fourth-order valence-electron chi connectivity index (χ4n) is 3.82. The molecule has 1 aliphatic rings. The molecule has 0 bridgehead atoms. The average Bonchev–Trinajstić information content (AvgIpc) is 3.19. The molecule has 0 saturated carbocycles. The van der Waals surface area contributed by atoms with Crippen molar-refractivity contribution in [3.8, 4) is 0 Å². The maximum absolute atomic E-state index is 13.1. The van der Waals surface area contributed by atoms with Crippen LogP contribution in [0.25, 0.3) is 16.7 Å². The molecule has 1 aromatic carbocycles. The number of hydrogen-bond acceptors (Lipinski definition) is 6. The molecule has 3 aromatic rings. The van der Waals surface area contributed by atoms with E-state index in [0.29, 0.717) is 28.6 Å². The number of aromatic nitrogens is 4. The van der Waals surface area contributed by atoms with Crippen molar-refractivity contribution < 1.29 is 4.79 Å². The van der Waals surface area contributed by atoms with Crippen LogP contribution in [-0.2, 0) is 11.3 Å². The Hall–Kier alpha value is -2.39. The second kappa shape index (κ2) is 9.18. The van der Waals surface area contributed by atoms with Gasteiger partial charge < -0.3 is 9.80 Å². The number of fused-ring (bicyclic) bond motifs is 3. The first-order chi connectivity index (χ1) is 14.6. The van der Waals surface area contributed by atoms with Gasteiger partial charge in [-0.1, -0.05) is 43.7 Å². The molecule has 0 aliphatic carbocycles. The van der Waals surface area contributed by atoms with E-state index in [0.717, 1.165) is 51.0 Å². The molecule has 4 rings (SSSR count). The molecular weight excluding hydrogens is 400 g/mol. The molecule has 30 heavy (non-hydrogen) atoms. The van der Waals surface area contributed by atoms with Crippen LogP contribution in [0.4, 0.5) is 0 Å². The number of benzene rings is 1. The van der Waals surface area contributed by atoms with Gasteiger partial charge in [0.25, 0.3) is 5.56 Å². The van der Waals surface area contributed by atoms with Crippen molar-refractivity contribution in [2.75, 3.05) is 39.0 Å². The summed E-state index contributed by atoms with van der Waals surface area (Å²) in [6, 6.07) is 7.54. The topological polar surface area (TPSA) is 75.7 Å². The van der Waals surface area contributed by atoms with Crippen molar-refractivity contribution in [1.29, 1.82) is 0 Å². The van der Waals surface area contributed by atoms with Crippen molar-refractivity contribution >= 4 is 34.3 Å². The summed E-state index contributed by atoms with van der Waals surface area (Å²) < 4.78 is 3.64. The van der Waals surface area contributed by atoms with Crippen molar-refractivity contribution in [1.82, 2.24) is 29.0 Å². The fraction of sp³-hybridized carbons (Fsp3) is 0.524. The third-order valence-corrected chi connectivity index (χ3v) is 6.56. The molecule has 0 N–H and O–H groups in total. The van der Waals surface area contributed by atoms with Gasteiger partial charge in [0, 0.05) is 32.7 Å². The van der Waals surface area contributed by atoms with Gasteiger partial charge in [-0.15, -0.1) is 10.2 Å². The molecular formula is C21H28N6O2S. The number of thioether (sulfide) groups is 1. The lowest BCUT2D eigenvalue weighted by Crippen LogP contribution is -2.47. The number of para-hydroxylation sites is 1. The predicted molar refractivity (Wildman–Crippen MR) is 119 cm³/mol. The third kappa shape index (κ3) is 4.09. The van der Waals surface area contributed by atoms with E-state index in [9.17, 15) is 9.59 Å².